The van der Waals surface area contributed by atoms with Gasteiger partial charge in [0, 0.05) is 4.47 Å². The van der Waals surface area contributed by atoms with Crippen LogP contribution in [0.1, 0.15) is 24.4 Å². The van der Waals surface area contributed by atoms with Gasteiger partial charge in [0.05, 0.1) is 7.11 Å². The molecule has 0 heterocycles. The molecule has 0 amide bonds. The van der Waals surface area contributed by atoms with Crippen LogP contribution in [0.4, 0.5) is 0 Å². The van der Waals surface area contributed by atoms with Crippen LogP contribution in [-0.4, -0.2) is 19.6 Å². The van der Waals surface area contributed by atoms with Crippen molar-refractivity contribution in [3.8, 4) is 0 Å². The van der Waals surface area contributed by atoms with Gasteiger partial charge in [-0.25, -0.2) is 4.79 Å². The van der Waals surface area contributed by atoms with Gasteiger partial charge in [0.25, 0.3) is 0 Å². The Morgan fingerprint density at radius 2 is 2.35 bits per heavy atom. The summed E-state index contributed by atoms with van der Waals surface area (Å²) < 4.78 is 5.81. The van der Waals surface area contributed by atoms with Crippen molar-refractivity contribution in [2.24, 2.45) is 5.92 Å². The second-order valence-electron chi connectivity index (χ2n) is 4.36. The Hall–Kier alpha value is -0.870. The summed E-state index contributed by atoms with van der Waals surface area (Å²) in [5.41, 5.74) is 0.937. The highest BCUT2D eigenvalue weighted by molar-refractivity contribution is 9.10. The zero-order valence-corrected chi connectivity index (χ0v) is 11.4. The monoisotopic (exact) mass is 297 g/mol. The lowest BCUT2D eigenvalue weighted by Crippen LogP contribution is -2.31. The van der Waals surface area contributed by atoms with E-state index in [9.17, 15) is 4.79 Å². The highest BCUT2D eigenvalue weighted by Gasteiger charge is 2.26. The average Bonchev–Trinajstić information content (AvgIpc) is 3.13. The SMILES string of the molecule is COC(=O)C(NCC1CC1)c1cccc(Br)c1. The lowest BCUT2D eigenvalue weighted by Gasteiger charge is -2.16. The van der Waals surface area contributed by atoms with E-state index in [0.29, 0.717) is 0 Å². The van der Waals surface area contributed by atoms with Crippen LogP contribution in [0.5, 0.6) is 0 Å². The third-order valence-electron chi connectivity index (χ3n) is 2.93. The molecule has 1 atom stereocenters. The van der Waals surface area contributed by atoms with E-state index in [1.165, 1.54) is 20.0 Å². The molecule has 0 aromatic heterocycles. The van der Waals surface area contributed by atoms with Crippen LogP contribution < -0.4 is 5.32 Å². The molecule has 4 heteroatoms. The highest BCUT2D eigenvalue weighted by atomic mass is 79.9. The van der Waals surface area contributed by atoms with Gasteiger partial charge in [-0.05, 0) is 43.0 Å². The van der Waals surface area contributed by atoms with Crippen LogP contribution in [0.2, 0.25) is 0 Å². The maximum Gasteiger partial charge on any atom is 0.327 e. The van der Waals surface area contributed by atoms with Crippen molar-refractivity contribution in [1.82, 2.24) is 5.32 Å². The minimum absolute atomic E-state index is 0.233. The van der Waals surface area contributed by atoms with Crippen LogP contribution >= 0.6 is 15.9 Å². The minimum atomic E-state index is -0.363. The first-order valence-corrected chi connectivity index (χ1v) is 6.56. The fourth-order valence-electron chi connectivity index (χ4n) is 1.75. The molecule has 1 unspecified atom stereocenters. The van der Waals surface area contributed by atoms with Gasteiger partial charge in [-0.15, -0.1) is 0 Å². The van der Waals surface area contributed by atoms with Gasteiger partial charge in [-0.2, -0.15) is 0 Å². The van der Waals surface area contributed by atoms with E-state index in [4.69, 9.17) is 4.74 Å². The number of hydrogen-bond donors (Lipinski definition) is 1. The Balaban J connectivity index is 2.09. The number of carbonyl (C=O) groups excluding carboxylic acids is 1. The summed E-state index contributed by atoms with van der Waals surface area (Å²) in [5, 5.41) is 3.28. The normalized spacial score (nSPS) is 16.6. The van der Waals surface area contributed by atoms with Crippen molar-refractivity contribution in [3.63, 3.8) is 0 Å². The predicted molar refractivity (Wildman–Crippen MR) is 69.6 cm³/mol. The molecule has 1 fully saturated rings. The van der Waals surface area contributed by atoms with Gasteiger partial charge in [-0.1, -0.05) is 28.1 Å². The minimum Gasteiger partial charge on any atom is -0.468 e. The van der Waals surface area contributed by atoms with E-state index in [1.54, 1.807) is 0 Å². The molecule has 2 rings (SSSR count). The second-order valence-corrected chi connectivity index (χ2v) is 5.28. The standard InChI is InChI=1S/C13H16BrNO2/c1-17-13(16)12(15-8-9-5-6-9)10-3-2-4-11(14)7-10/h2-4,7,9,12,15H,5-6,8H2,1H3. The van der Waals surface area contributed by atoms with Crippen molar-refractivity contribution >= 4 is 21.9 Å². The van der Waals surface area contributed by atoms with Gasteiger partial charge in [0.15, 0.2) is 0 Å². The number of methoxy groups -OCH3 is 1. The number of hydrogen-bond acceptors (Lipinski definition) is 3. The van der Waals surface area contributed by atoms with E-state index < -0.39 is 0 Å². The molecule has 1 aliphatic carbocycles. The third-order valence-corrected chi connectivity index (χ3v) is 3.42. The summed E-state index contributed by atoms with van der Waals surface area (Å²) in [6.45, 7) is 0.881. The van der Waals surface area contributed by atoms with Gasteiger partial charge in [0.1, 0.15) is 6.04 Å². The van der Waals surface area contributed by atoms with Gasteiger partial charge in [0.2, 0.25) is 0 Å². The van der Waals surface area contributed by atoms with Crippen LogP contribution in [0.3, 0.4) is 0 Å². The van der Waals surface area contributed by atoms with E-state index in [2.05, 4.69) is 21.2 Å². The number of benzene rings is 1. The van der Waals surface area contributed by atoms with Crippen molar-refractivity contribution < 1.29 is 9.53 Å². The summed E-state index contributed by atoms with van der Waals surface area (Å²) in [7, 11) is 1.42. The quantitative estimate of drug-likeness (QED) is 0.849. The molecule has 17 heavy (non-hydrogen) atoms. The van der Waals surface area contributed by atoms with E-state index in [1.807, 2.05) is 24.3 Å². The van der Waals surface area contributed by atoms with Gasteiger partial charge < -0.3 is 10.1 Å². The summed E-state index contributed by atoms with van der Waals surface area (Å²) in [6, 6.07) is 7.39. The molecule has 0 bridgehead atoms. The first-order valence-electron chi connectivity index (χ1n) is 5.77. The van der Waals surface area contributed by atoms with Gasteiger partial charge >= 0.3 is 5.97 Å². The molecule has 0 radical (unpaired) electrons. The number of ether oxygens (including phenoxy) is 1. The van der Waals surface area contributed by atoms with E-state index in [0.717, 1.165) is 22.5 Å². The second kappa shape index (κ2) is 5.65. The van der Waals surface area contributed by atoms with E-state index >= 15 is 0 Å². The number of nitrogens with one attached hydrogen (secondary N) is 1. The molecule has 1 aromatic carbocycles. The topological polar surface area (TPSA) is 38.3 Å². The van der Waals surface area contributed by atoms with E-state index in [-0.39, 0.29) is 12.0 Å². The molecular formula is C13H16BrNO2. The molecule has 92 valence electrons. The Labute approximate surface area is 110 Å². The third kappa shape index (κ3) is 3.54. The first-order chi connectivity index (χ1) is 8.20. The molecule has 0 saturated heterocycles. The summed E-state index contributed by atoms with van der Waals surface area (Å²) >= 11 is 3.41. The Kier molecular flexibility index (Phi) is 4.18. The van der Waals surface area contributed by atoms with Gasteiger partial charge in [-0.3, -0.25) is 0 Å². The summed E-state index contributed by atoms with van der Waals surface area (Å²) in [4.78, 5) is 11.8. The molecule has 3 nitrogen and oxygen atoms in total. The number of halogens is 1. The zero-order chi connectivity index (χ0) is 12.3. The molecular weight excluding hydrogens is 282 g/mol. The maximum atomic E-state index is 11.8. The van der Waals surface area contributed by atoms with Crippen LogP contribution in [0.25, 0.3) is 0 Å². The average molecular weight is 298 g/mol. The molecule has 1 N–H and O–H groups in total. The lowest BCUT2D eigenvalue weighted by molar-refractivity contribution is -0.143. The maximum absolute atomic E-state index is 11.8. The molecule has 1 aliphatic rings. The molecule has 1 saturated carbocycles. The fraction of sp³-hybridized carbons (Fsp3) is 0.462. The number of esters is 1. The van der Waals surface area contributed by atoms with Crippen molar-refractivity contribution in [3.05, 3.63) is 34.3 Å². The fourth-order valence-corrected chi connectivity index (χ4v) is 2.16. The first kappa shape index (κ1) is 12.6. The Morgan fingerprint density at radius 3 is 2.94 bits per heavy atom. The molecule has 0 spiro atoms. The van der Waals surface area contributed by atoms with Crippen molar-refractivity contribution in [2.75, 3.05) is 13.7 Å². The molecule has 1 aromatic rings. The van der Waals surface area contributed by atoms with Crippen LogP contribution in [0.15, 0.2) is 28.7 Å². The number of carbonyl (C=O) groups is 1. The molecule has 0 aliphatic heterocycles. The summed E-state index contributed by atoms with van der Waals surface area (Å²) in [6.07, 6.45) is 2.53. The van der Waals surface area contributed by atoms with Crippen molar-refractivity contribution in [1.29, 1.82) is 0 Å². The van der Waals surface area contributed by atoms with Crippen LogP contribution in [0, 0.1) is 5.92 Å². The highest BCUT2D eigenvalue weighted by Crippen LogP contribution is 2.29. The Bertz CT molecular complexity index is 404. The summed E-state index contributed by atoms with van der Waals surface area (Å²) in [5.74, 6) is 0.498. The zero-order valence-electron chi connectivity index (χ0n) is 9.78. The Morgan fingerprint density at radius 1 is 1.59 bits per heavy atom. The lowest BCUT2D eigenvalue weighted by atomic mass is 10.1. The number of rotatable bonds is 5. The van der Waals surface area contributed by atoms with Crippen LogP contribution in [-0.2, 0) is 9.53 Å². The van der Waals surface area contributed by atoms with Crippen molar-refractivity contribution in [2.45, 2.75) is 18.9 Å². The largest absolute Gasteiger partial charge is 0.468 e. The predicted octanol–water partition coefficient (Wildman–Crippen LogP) is 2.66. The smallest absolute Gasteiger partial charge is 0.327 e.